The molecule has 2 rings (SSSR count). The minimum Gasteiger partial charge on any atom is -0.490 e. The molecule has 0 spiro atoms. The lowest BCUT2D eigenvalue weighted by Crippen LogP contribution is -2.08. The van der Waals surface area contributed by atoms with Crippen LogP contribution in [0.25, 0.3) is 0 Å². The zero-order valence-electron chi connectivity index (χ0n) is 15.6. The SMILES string of the molecule is CC(=O)COCCCCCOc1c(Cl)cc(OC(=O)c2ccccc2)cc1Cl. The molecule has 0 heterocycles. The Morgan fingerprint density at radius 3 is 2.21 bits per heavy atom. The molecule has 0 unspecified atom stereocenters. The van der Waals surface area contributed by atoms with Crippen molar-refractivity contribution in [2.24, 2.45) is 0 Å². The van der Waals surface area contributed by atoms with Gasteiger partial charge in [-0.25, -0.2) is 4.79 Å². The fourth-order valence-electron chi connectivity index (χ4n) is 2.35. The molecule has 2 aromatic carbocycles. The zero-order valence-corrected chi connectivity index (χ0v) is 17.1. The number of hydrogen-bond donors (Lipinski definition) is 0. The van der Waals surface area contributed by atoms with Gasteiger partial charge >= 0.3 is 5.97 Å². The zero-order chi connectivity index (χ0) is 20.4. The Morgan fingerprint density at radius 2 is 1.57 bits per heavy atom. The van der Waals surface area contributed by atoms with Gasteiger partial charge in [0, 0.05) is 18.7 Å². The van der Waals surface area contributed by atoms with E-state index in [1.54, 1.807) is 24.3 Å². The minimum atomic E-state index is -0.492. The van der Waals surface area contributed by atoms with Gasteiger partial charge in [-0.2, -0.15) is 0 Å². The van der Waals surface area contributed by atoms with Crippen molar-refractivity contribution in [1.82, 2.24) is 0 Å². The van der Waals surface area contributed by atoms with Crippen molar-refractivity contribution < 1.29 is 23.8 Å². The van der Waals surface area contributed by atoms with E-state index in [1.807, 2.05) is 6.07 Å². The van der Waals surface area contributed by atoms with Gasteiger partial charge in [0.05, 0.1) is 22.2 Å². The van der Waals surface area contributed by atoms with Crippen LogP contribution < -0.4 is 9.47 Å². The van der Waals surface area contributed by atoms with Gasteiger partial charge in [-0.05, 0) is 38.3 Å². The number of ether oxygens (including phenoxy) is 3. The monoisotopic (exact) mass is 424 g/mol. The quantitative estimate of drug-likeness (QED) is 0.275. The van der Waals surface area contributed by atoms with E-state index in [2.05, 4.69) is 0 Å². The molecule has 5 nitrogen and oxygen atoms in total. The molecular weight excluding hydrogens is 403 g/mol. The van der Waals surface area contributed by atoms with E-state index in [1.165, 1.54) is 19.1 Å². The molecule has 28 heavy (non-hydrogen) atoms. The number of rotatable bonds is 11. The second-order valence-electron chi connectivity index (χ2n) is 6.14. The van der Waals surface area contributed by atoms with Crippen LogP contribution in [0.1, 0.15) is 36.5 Å². The Balaban J connectivity index is 1.80. The van der Waals surface area contributed by atoms with Gasteiger partial charge in [0.1, 0.15) is 12.4 Å². The lowest BCUT2D eigenvalue weighted by Gasteiger charge is -2.12. The van der Waals surface area contributed by atoms with Crippen LogP contribution >= 0.6 is 23.2 Å². The summed E-state index contributed by atoms with van der Waals surface area (Å²) in [6, 6.07) is 11.6. The number of esters is 1. The average Bonchev–Trinajstić information content (AvgIpc) is 2.66. The highest BCUT2D eigenvalue weighted by Crippen LogP contribution is 2.37. The normalized spacial score (nSPS) is 10.5. The van der Waals surface area contributed by atoms with Crippen molar-refractivity contribution in [2.45, 2.75) is 26.2 Å². The van der Waals surface area contributed by atoms with Crippen molar-refractivity contribution in [3.05, 3.63) is 58.1 Å². The van der Waals surface area contributed by atoms with E-state index < -0.39 is 5.97 Å². The molecule has 0 radical (unpaired) electrons. The standard InChI is InChI=1S/C21H22Cl2O5/c1-15(24)14-26-10-6-3-7-11-27-20-18(22)12-17(13-19(20)23)28-21(25)16-8-4-2-5-9-16/h2,4-5,8-9,12-13H,3,6-7,10-11,14H2,1H3. The summed E-state index contributed by atoms with van der Waals surface area (Å²) >= 11 is 12.4. The first-order valence-corrected chi connectivity index (χ1v) is 9.69. The lowest BCUT2D eigenvalue weighted by molar-refractivity contribution is -0.121. The fourth-order valence-corrected chi connectivity index (χ4v) is 2.92. The predicted molar refractivity (Wildman–Crippen MR) is 109 cm³/mol. The molecule has 0 aromatic heterocycles. The third-order valence-electron chi connectivity index (χ3n) is 3.68. The van der Waals surface area contributed by atoms with E-state index in [9.17, 15) is 9.59 Å². The average molecular weight is 425 g/mol. The third-order valence-corrected chi connectivity index (χ3v) is 4.24. The van der Waals surface area contributed by atoms with Gasteiger partial charge < -0.3 is 14.2 Å². The molecule has 0 saturated carbocycles. The Labute approximate surface area is 174 Å². The fraction of sp³-hybridized carbons (Fsp3) is 0.333. The maximum absolute atomic E-state index is 12.1. The molecule has 2 aromatic rings. The van der Waals surface area contributed by atoms with Crippen molar-refractivity contribution in [1.29, 1.82) is 0 Å². The van der Waals surface area contributed by atoms with Gasteiger partial charge in [-0.3, -0.25) is 4.79 Å². The van der Waals surface area contributed by atoms with Crippen molar-refractivity contribution in [2.75, 3.05) is 19.8 Å². The largest absolute Gasteiger partial charge is 0.490 e. The van der Waals surface area contributed by atoms with E-state index in [-0.39, 0.29) is 28.2 Å². The van der Waals surface area contributed by atoms with Crippen molar-refractivity contribution in [3.63, 3.8) is 0 Å². The van der Waals surface area contributed by atoms with E-state index in [4.69, 9.17) is 37.4 Å². The predicted octanol–water partition coefficient (Wildman–Crippen LogP) is 5.37. The van der Waals surface area contributed by atoms with Gasteiger partial charge in [0.15, 0.2) is 11.5 Å². The second-order valence-corrected chi connectivity index (χ2v) is 6.95. The highest BCUT2D eigenvalue weighted by molar-refractivity contribution is 6.37. The van der Waals surface area contributed by atoms with Gasteiger partial charge in [-0.15, -0.1) is 0 Å². The molecule has 0 saturated heterocycles. The molecule has 0 bridgehead atoms. The van der Waals surface area contributed by atoms with E-state index in [0.717, 1.165) is 19.3 Å². The minimum absolute atomic E-state index is 0.0190. The van der Waals surface area contributed by atoms with Crippen LogP contribution in [0.4, 0.5) is 0 Å². The summed E-state index contributed by atoms with van der Waals surface area (Å²) in [7, 11) is 0. The van der Waals surface area contributed by atoms with E-state index >= 15 is 0 Å². The number of carbonyl (C=O) groups excluding carboxylic acids is 2. The Bertz CT molecular complexity index is 770. The molecule has 7 heteroatoms. The maximum atomic E-state index is 12.1. The first-order chi connectivity index (χ1) is 13.5. The maximum Gasteiger partial charge on any atom is 0.343 e. The summed E-state index contributed by atoms with van der Waals surface area (Å²) < 4.78 is 16.2. The summed E-state index contributed by atoms with van der Waals surface area (Å²) in [6.45, 7) is 2.63. The summed E-state index contributed by atoms with van der Waals surface area (Å²) in [4.78, 5) is 22.9. The first-order valence-electron chi connectivity index (χ1n) is 8.93. The number of Topliss-reactive ketones (excluding diaryl/α,β-unsaturated/α-hetero) is 1. The molecule has 0 aliphatic heterocycles. The molecule has 0 N–H and O–H groups in total. The molecule has 0 amide bonds. The summed E-state index contributed by atoms with van der Waals surface area (Å²) in [6.07, 6.45) is 2.52. The van der Waals surface area contributed by atoms with Crippen LogP contribution in [0, 0.1) is 0 Å². The lowest BCUT2D eigenvalue weighted by atomic mass is 10.2. The second kappa shape index (κ2) is 11.7. The molecule has 0 fully saturated rings. The van der Waals surface area contributed by atoms with Crippen LogP contribution in [0.5, 0.6) is 11.5 Å². The number of carbonyl (C=O) groups is 2. The van der Waals surface area contributed by atoms with Crippen LogP contribution in [0.2, 0.25) is 10.0 Å². The van der Waals surface area contributed by atoms with Crippen molar-refractivity contribution in [3.8, 4) is 11.5 Å². The molecule has 0 atom stereocenters. The first kappa shape index (κ1) is 22.2. The number of unbranched alkanes of at least 4 members (excludes halogenated alkanes) is 2. The summed E-state index contributed by atoms with van der Waals surface area (Å²) in [5.74, 6) is 0.133. The van der Waals surface area contributed by atoms with Gasteiger partial charge in [0.25, 0.3) is 0 Å². The summed E-state index contributed by atoms with van der Waals surface area (Å²) in [5, 5.41) is 0.543. The van der Waals surface area contributed by atoms with E-state index in [0.29, 0.717) is 24.5 Å². The highest BCUT2D eigenvalue weighted by Gasteiger charge is 2.14. The topological polar surface area (TPSA) is 61.8 Å². The van der Waals surface area contributed by atoms with Crippen LogP contribution in [0.15, 0.2) is 42.5 Å². The molecule has 0 aliphatic rings. The third kappa shape index (κ3) is 7.50. The molecular formula is C21H22Cl2O5. The van der Waals surface area contributed by atoms with Gasteiger partial charge in [-0.1, -0.05) is 41.4 Å². The number of halogens is 2. The van der Waals surface area contributed by atoms with Crippen LogP contribution in [-0.4, -0.2) is 31.6 Å². The summed E-state index contributed by atoms with van der Waals surface area (Å²) in [5.41, 5.74) is 0.433. The molecule has 150 valence electrons. The van der Waals surface area contributed by atoms with Gasteiger partial charge in [0.2, 0.25) is 0 Å². The van der Waals surface area contributed by atoms with Crippen LogP contribution in [-0.2, 0) is 9.53 Å². The smallest absolute Gasteiger partial charge is 0.343 e. The Hall–Kier alpha value is -2.08. The number of ketones is 1. The number of hydrogen-bond acceptors (Lipinski definition) is 5. The highest BCUT2D eigenvalue weighted by atomic mass is 35.5. The number of benzene rings is 2. The van der Waals surface area contributed by atoms with Crippen LogP contribution in [0.3, 0.4) is 0 Å². The Kier molecular flexibility index (Phi) is 9.28. The van der Waals surface area contributed by atoms with Crippen molar-refractivity contribution >= 4 is 35.0 Å². The molecule has 0 aliphatic carbocycles. The Morgan fingerprint density at radius 1 is 0.929 bits per heavy atom.